The molecule has 0 radical (unpaired) electrons. The van der Waals surface area contributed by atoms with E-state index in [1.165, 1.54) is 12.8 Å². The lowest BCUT2D eigenvalue weighted by atomic mass is 9.85. The number of aromatic nitrogens is 1. The number of fused-ring (bicyclic) bond motifs is 1. The van der Waals surface area contributed by atoms with E-state index in [0.717, 1.165) is 10.9 Å². The summed E-state index contributed by atoms with van der Waals surface area (Å²) in [5.74, 6) is 0.619. The molecule has 0 unspecified atom stereocenters. The summed E-state index contributed by atoms with van der Waals surface area (Å²) in [5.41, 5.74) is 7.53. The van der Waals surface area contributed by atoms with E-state index in [-0.39, 0.29) is 11.4 Å². The molecule has 2 aliphatic rings. The highest BCUT2D eigenvalue weighted by Gasteiger charge is 2.51. The fraction of sp³-hybridized carbons (Fsp3) is 0.375. The monoisotopic (exact) mass is 267 g/mol. The fourth-order valence-corrected chi connectivity index (χ4v) is 3.07. The quantitative estimate of drug-likeness (QED) is 0.902. The summed E-state index contributed by atoms with van der Waals surface area (Å²) in [6.07, 6.45) is 2.43. The Morgan fingerprint density at radius 1 is 1.20 bits per heavy atom. The Kier molecular flexibility index (Phi) is 2.39. The van der Waals surface area contributed by atoms with Crippen LogP contribution in [-0.2, 0) is 0 Å². The number of hydrogen-bond donors (Lipinski definition) is 1. The summed E-state index contributed by atoms with van der Waals surface area (Å²) >= 11 is 0. The number of para-hydroxylation sites is 1. The van der Waals surface area contributed by atoms with Crippen LogP contribution in [0.2, 0.25) is 0 Å². The molecule has 20 heavy (non-hydrogen) atoms. The van der Waals surface area contributed by atoms with E-state index >= 15 is 0 Å². The molecule has 4 heteroatoms. The first-order chi connectivity index (χ1) is 9.66. The molecule has 1 aromatic heterocycles. The van der Waals surface area contributed by atoms with Gasteiger partial charge >= 0.3 is 0 Å². The van der Waals surface area contributed by atoms with Gasteiger partial charge in [0.05, 0.1) is 11.1 Å². The topological polar surface area (TPSA) is 59.2 Å². The highest BCUT2D eigenvalue weighted by Crippen LogP contribution is 2.43. The smallest absolute Gasteiger partial charge is 0.272 e. The van der Waals surface area contributed by atoms with Gasteiger partial charge in [0.25, 0.3) is 5.91 Å². The lowest BCUT2D eigenvalue weighted by molar-refractivity contribution is 0.0345. The van der Waals surface area contributed by atoms with Gasteiger partial charge < -0.3 is 10.6 Å². The molecule has 1 saturated carbocycles. The van der Waals surface area contributed by atoms with Crippen molar-refractivity contribution in [2.24, 2.45) is 11.7 Å². The summed E-state index contributed by atoms with van der Waals surface area (Å²) in [5, 5.41) is 1.05. The van der Waals surface area contributed by atoms with Crippen LogP contribution in [0.3, 0.4) is 0 Å². The van der Waals surface area contributed by atoms with E-state index < -0.39 is 0 Å². The number of hydrogen-bond acceptors (Lipinski definition) is 3. The lowest BCUT2D eigenvalue weighted by Gasteiger charge is -2.48. The zero-order valence-corrected chi connectivity index (χ0v) is 11.2. The third-order valence-electron chi connectivity index (χ3n) is 4.47. The number of amides is 1. The van der Waals surface area contributed by atoms with Gasteiger partial charge in [0.15, 0.2) is 0 Å². The Hall–Kier alpha value is -1.94. The second kappa shape index (κ2) is 4.03. The van der Waals surface area contributed by atoms with Crippen molar-refractivity contribution in [2.75, 3.05) is 13.1 Å². The predicted molar refractivity (Wildman–Crippen MR) is 77.3 cm³/mol. The maximum absolute atomic E-state index is 12.4. The summed E-state index contributed by atoms with van der Waals surface area (Å²) in [6.45, 7) is 1.34. The number of rotatable bonds is 2. The Morgan fingerprint density at radius 2 is 1.95 bits per heavy atom. The first kappa shape index (κ1) is 11.9. The predicted octanol–water partition coefficient (Wildman–Crippen LogP) is 1.80. The molecule has 0 spiro atoms. The molecular formula is C16H17N3O. The third-order valence-corrected chi connectivity index (χ3v) is 4.47. The maximum atomic E-state index is 12.4. The normalized spacial score (nSPS) is 20.8. The molecule has 2 heterocycles. The van der Waals surface area contributed by atoms with Gasteiger partial charge in [-0.1, -0.05) is 24.3 Å². The van der Waals surface area contributed by atoms with Crippen LogP contribution >= 0.6 is 0 Å². The fourth-order valence-electron chi connectivity index (χ4n) is 3.07. The van der Waals surface area contributed by atoms with Crippen LogP contribution in [0.25, 0.3) is 10.9 Å². The molecule has 1 aromatic carbocycles. The van der Waals surface area contributed by atoms with E-state index in [0.29, 0.717) is 24.7 Å². The standard InChI is InChI=1S/C16H17N3O/c17-16(12-6-7-12)9-19(10-16)15(20)14-8-5-11-3-1-2-4-13(11)18-14/h1-5,8,12H,6-7,9-10,17H2. The van der Waals surface area contributed by atoms with Crippen LogP contribution < -0.4 is 5.73 Å². The molecule has 4 nitrogen and oxygen atoms in total. The number of nitrogens with zero attached hydrogens (tertiary/aromatic N) is 2. The lowest BCUT2D eigenvalue weighted by Crippen LogP contribution is -2.69. The molecule has 4 rings (SSSR count). The van der Waals surface area contributed by atoms with Gasteiger partial charge in [-0.3, -0.25) is 4.79 Å². The maximum Gasteiger partial charge on any atom is 0.272 e. The minimum absolute atomic E-state index is 0.00234. The molecule has 1 aliphatic carbocycles. The van der Waals surface area contributed by atoms with Crippen molar-refractivity contribution in [3.05, 3.63) is 42.1 Å². The highest BCUT2D eigenvalue weighted by molar-refractivity contribution is 5.95. The SMILES string of the molecule is NC1(C2CC2)CN(C(=O)c2ccc3ccccc3n2)C1. The number of carbonyl (C=O) groups excluding carboxylic acids is 1. The summed E-state index contributed by atoms with van der Waals surface area (Å²) < 4.78 is 0. The molecular weight excluding hydrogens is 250 g/mol. The Balaban J connectivity index is 1.55. The number of pyridine rings is 1. The van der Waals surface area contributed by atoms with Crippen LogP contribution in [0.1, 0.15) is 23.3 Å². The van der Waals surface area contributed by atoms with Crippen molar-refractivity contribution in [3.8, 4) is 0 Å². The van der Waals surface area contributed by atoms with Gasteiger partial charge in [-0.05, 0) is 30.9 Å². The zero-order valence-electron chi connectivity index (χ0n) is 11.2. The molecule has 102 valence electrons. The van der Waals surface area contributed by atoms with Crippen molar-refractivity contribution in [3.63, 3.8) is 0 Å². The van der Waals surface area contributed by atoms with Gasteiger partial charge in [-0.2, -0.15) is 0 Å². The summed E-state index contributed by atoms with van der Waals surface area (Å²) in [7, 11) is 0. The number of likely N-dealkylation sites (tertiary alicyclic amines) is 1. The Labute approximate surface area is 117 Å². The molecule has 0 atom stereocenters. The van der Waals surface area contributed by atoms with Gasteiger partial charge in [-0.25, -0.2) is 4.98 Å². The van der Waals surface area contributed by atoms with Gasteiger partial charge in [0, 0.05) is 18.5 Å². The van der Waals surface area contributed by atoms with E-state index in [9.17, 15) is 4.79 Å². The largest absolute Gasteiger partial charge is 0.333 e. The Bertz CT molecular complexity index is 687. The van der Waals surface area contributed by atoms with Crippen molar-refractivity contribution >= 4 is 16.8 Å². The highest BCUT2D eigenvalue weighted by atomic mass is 16.2. The number of nitrogens with two attached hydrogens (primary N) is 1. The molecule has 0 bridgehead atoms. The van der Waals surface area contributed by atoms with E-state index in [1.54, 1.807) is 6.07 Å². The van der Waals surface area contributed by atoms with Crippen LogP contribution in [0, 0.1) is 5.92 Å². The first-order valence-corrected chi connectivity index (χ1v) is 7.10. The molecule has 1 amide bonds. The Morgan fingerprint density at radius 3 is 2.70 bits per heavy atom. The molecule has 2 fully saturated rings. The zero-order chi connectivity index (χ0) is 13.7. The minimum Gasteiger partial charge on any atom is -0.333 e. The van der Waals surface area contributed by atoms with Crippen molar-refractivity contribution < 1.29 is 4.79 Å². The van der Waals surface area contributed by atoms with Gasteiger partial charge in [0.2, 0.25) is 0 Å². The average Bonchev–Trinajstić information content (AvgIpc) is 3.27. The molecule has 2 aromatic rings. The summed E-state index contributed by atoms with van der Waals surface area (Å²) in [4.78, 5) is 18.7. The van der Waals surface area contributed by atoms with Crippen LogP contribution in [-0.4, -0.2) is 34.4 Å². The average molecular weight is 267 g/mol. The van der Waals surface area contributed by atoms with Crippen LogP contribution in [0.5, 0.6) is 0 Å². The molecule has 1 aliphatic heterocycles. The van der Waals surface area contributed by atoms with E-state index in [1.807, 2.05) is 35.2 Å². The number of carbonyl (C=O) groups is 1. The van der Waals surface area contributed by atoms with Gasteiger partial charge in [-0.15, -0.1) is 0 Å². The first-order valence-electron chi connectivity index (χ1n) is 7.10. The third kappa shape index (κ3) is 1.79. The second-order valence-corrected chi connectivity index (χ2v) is 6.06. The van der Waals surface area contributed by atoms with Crippen molar-refractivity contribution in [1.29, 1.82) is 0 Å². The molecule has 1 saturated heterocycles. The number of benzene rings is 1. The molecule has 2 N–H and O–H groups in total. The minimum atomic E-state index is -0.132. The van der Waals surface area contributed by atoms with Crippen molar-refractivity contribution in [2.45, 2.75) is 18.4 Å². The van der Waals surface area contributed by atoms with Crippen molar-refractivity contribution in [1.82, 2.24) is 9.88 Å². The van der Waals surface area contributed by atoms with E-state index in [2.05, 4.69) is 4.98 Å². The van der Waals surface area contributed by atoms with Crippen LogP contribution in [0.15, 0.2) is 36.4 Å². The van der Waals surface area contributed by atoms with Gasteiger partial charge in [0.1, 0.15) is 5.69 Å². The summed E-state index contributed by atoms with van der Waals surface area (Å²) in [6, 6.07) is 11.6. The second-order valence-electron chi connectivity index (χ2n) is 6.06. The van der Waals surface area contributed by atoms with E-state index in [4.69, 9.17) is 5.73 Å². The van der Waals surface area contributed by atoms with Crippen LogP contribution in [0.4, 0.5) is 0 Å².